The first kappa shape index (κ1) is 25.1. The van der Waals surface area contributed by atoms with Gasteiger partial charge in [-0.05, 0) is 56.5 Å². The van der Waals surface area contributed by atoms with Crippen LogP contribution in [0.15, 0.2) is 42.7 Å². The Labute approximate surface area is 225 Å². The van der Waals surface area contributed by atoms with Gasteiger partial charge in [-0.2, -0.15) is 4.98 Å². The van der Waals surface area contributed by atoms with Gasteiger partial charge in [0, 0.05) is 87.8 Å². The predicted molar refractivity (Wildman–Crippen MR) is 152 cm³/mol. The van der Waals surface area contributed by atoms with Crippen molar-refractivity contribution >= 4 is 28.4 Å². The van der Waals surface area contributed by atoms with Crippen molar-refractivity contribution in [2.24, 2.45) is 5.92 Å². The van der Waals surface area contributed by atoms with Crippen LogP contribution in [0.2, 0.25) is 0 Å². The summed E-state index contributed by atoms with van der Waals surface area (Å²) in [5, 5.41) is 8.25. The molecule has 2 N–H and O–H groups in total. The second-order valence-electron chi connectivity index (χ2n) is 10.8. The normalized spacial score (nSPS) is 23.1. The Balaban J connectivity index is 1.09. The van der Waals surface area contributed by atoms with Crippen LogP contribution >= 0.6 is 0 Å². The highest BCUT2D eigenvalue weighted by atomic mass is 16.2. The van der Waals surface area contributed by atoms with E-state index in [0.717, 1.165) is 95.9 Å². The number of nitrogens with one attached hydrogen (secondary N) is 2. The van der Waals surface area contributed by atoms with Crippen molar-refractivity contribution in [2.75, 3.05) is 69.1 Å². The van der Waals surface area contributed by atoms with E-state index >= 15 is 0 Å². The van der Waals surface area contributed by atoms with E-state index in [9.17, 15) is 4.79 Å². The summed E-state index contributed by atoms with van der Waals surface area (Å²) in [6.45, 7) is 11.1. The molecule has 6 rings (SSSR count). The van der Waals surface area contributed by atoms with E-state index in [1.165, 1.54) is 11.1 Å². The highest BCUT2D eigenvalue weighted by molar-refractivity contribution is 5.94. The second kappa shape index (κ2) is 11.3. The maximum atomic E-state index is 13.1. The van der Waals surface area contributed by atoms with Crippen molar-refractivity contribution in [1.82, 2.24) is 29.7 Å². The SMILES string of the molecule is CCN1CCN(C(=O)[C@H]2CC[C@H](Nc3nccc(-n4ccc5c(N6CCNCC6)cccc54)n3)CC2)CC1. The van der Waals surface area contributed by atoms with E-state index in [4.69, 9.17) is 4.98 Å². The lowest BCUT2D eigenvalue weighted by molar-refractivity contribution is -0.138. The van der Waals surface area contributed by atoms with Gasteiger partial charge < -0.3 is 29.9 Å². The van der Waals surface area contributed by atoms with Crippen molar-refractivity contribution in [3.63, 3.8) is 0 Å². The number of rotatable bonds is 6. The first-order chi connectivity index (χ1) is 18.7. The lowest BCUT2D eigenvalue weighted by Crippen LogP contribution is -2.50. The molecule has 9 heteroatoms. The van der Waals surface area contributed by atoms with Crippen LogP contribution in [0.1, 0.15) is 32.6 Å². The number of aromatic nitrogens is 3. The molecule has 1 aliphatic carbocycles. The van der Waals surface area contributed by atoms with Gasteiger partial charge in [-0.1, -0.05) is 13.0 Å². The van der Waals surface area contributed by atoms with Crippen LogP contribution in [0.3, 0.4) is 0 Å². The number of hydrogen-bond acceptors (Lipinski definition) is 7. The van der Waals surface area contributed by atoms with Crippen LogP contribution in [0.25, 0.3) is 16.7 Å². The first-order valence-corrected chi connectivity index (χ1v) is 14.4. The van der Waals surface area contributed by atoms with E-state index < -0.39 is 0 Å². The molecule has 0 radical (unpaired) electrons. The average molecular weight is 517 g/mol. The summed E-state index contributed by atoms with van der Waals surface area (Å²) < 4.78 is 2.15. The van der Waals surface area contributed by atoms with Gasteiger partial charge in [-0.3, -0.25) is 4.79 Å². The van der Waals surface area contributed by atoms with Gasteiger partial charge in [-0.25, -0.2) is 4.98 Å². The summed E-state index contributed by atoms with van der Waals surface area (Å²) >= 11 is 0. The Morgan fingerprint density at radius 1 is 1.00 bits per heavy atom. The molecule has 9 nitrogen and oxygen atoms in total. The number of carbonyl (C=O) groups excluding carboxylic acids is 1. The highest BCUT2D eigenvalue weighted by Crippen LogP contribution is 2.31. The van der Waals surface area contributed by atoms with Gasteiger partial charge in [-0.15, -0.1) is 0 Å². The Kier molecular flexibility index (Phi) is 7.47. The third-order valence-electron chi connectivity index (χ3n) is 8.60. The summed E-state index contributed by atoms with van der Waals surface area (Å²) in [6, 6.07) is 11.0. The zero-order chi connectivity index (χ0) is 25.9. The topological polar surface area (TPSA) is 81.6 Å². The molecule has 202 valence electrons. The molecule has 4 heterocycles. The fourth-order valence-electron chi connectivity index (χ4n) is 6.30. The molecule has 0 bridgehead atoms. The van der Waals surface area contributed by atoms with Crippen molar-refractivity contribution < 1.29 is 4.79 Å². The number of likely N-dealkylation sites (N-methyl/N-ethyl adjacent to an activating group) is 1. The van der Waals surface area contributed by atoms with E-state index in [1.807, 2.05) is 12.3 Å². The molecule has 2 saturated heterocycles. The molecule has 0 spiro atoms. The van der Waals surface area contributed by atoms with Crippen LogP contribution in [-0.2, 0) is 4.79 Å². The zero-order valence-corrected chi connectivity index (χ0v) is 22.5. The largest absolute Gasteiger partial charge is 0.368 e. The summed E-state index contributed by atoms with van der Waals surface area (Å²) in [4.78, 5) is 29.5. The number of fused-ring (bicyclic) bond motifs is 1. The molecule has 1 amide bonds. The van der Waals surface area contributed by atoms with E-state index in [1.54, 1.807) is 0 Å². The van der Waals surface area contributed by atoms with Gasteiger partial charge in [0.1, 0.15) is 5.82 Å². The lowest BCUT2D eigenvalue weighted by Gasteiger charge is -2.37. The maximum absolute atomic E-state index is 13.1. The Hall–Kier alpha value is -3.17. The van der Waals surface area contributed by atoms with Gasteiger partial charge >= 0.3 is 0 Å². The van der Waals surface area contributed by atoms with Crippen LogP contribution in [-0.4, -0.2) is 95.2 Å². The number of anilines is 2. The Morgan fingerprint density at radius 2 is 1.79 bits per heavy atom. The fourth-order valence-corrected chi connectivity index (χ4v) is 6.30. The van der Waals surface area contributed by atoms with E-state index in [2.05, 4.69) is 72.3 Å². The van der Waals surface area contributed by atoms with Crippen LogP contribution in [0.4, 0.5) is 11.6 Å². The summed E-state index contributed by atoms with van der Waals surface area (Å²) in [7, 11) is 0. The van der Waals surface area contributed by atoms with Crippen LogP contribution in [0.5, 0.6) is 0 Å². The lowest BCUT2D eigenvalue weighted by atomic mass is 9.85. The molecule has 3 aliphatic rings. The smallest absolute Gasteiger partial charge is 0.225 e. The summed E-state index contributed by atoms with van der Waals surface area (Å²) in [5.74, 6) is 2.04. The molecule has 3 fully saturated rings. The minimum Gasteiger partial charge on any atom is -0.368 e. The maximum Gasteiger partial charge on any atom is 0.225 e. The molecular formula is C29H40N8O. The third kappa shape index (κ3) is 5.22. The quantitative estimate of drug-likeness (QED) is 0.521. The van der Waals surface area contributed by atoms with Gasteiger partial charge in [0.05, 0.1) is 5.52 Å². The standard InChI is InChI=1S/C29H40N8O/c1-2-34-18-20-36(21-19-34)28(38)22-6-8-23(9-7-22)32-29-31-12-10-27(33-29)37-15-11-24-25(4-3-5-26(24)37)35-16-13-30-14-17-35/h3-5,10-12,15,22-23,30H,2,6-9,13-14,16-21H2,1H3,(H,31,32,33)/t22-,23-. The Morgan fingerprint density at radius 3 is 2.55 bits per heavy atom. The van der Waals surface area contributed by atoms with Crippen molar-refractivity contribution in [1.29, 1.82) is 0 Å². The van der Waals surface area contributed by atoms with Crippen molar-refractivity contribution in [3.05, 3.63) is 42.7 Å². The minimum atomic E-state index is 0.157. The third-order valence-corrected chi connectivity index (χ3v) is 8.60. The second-order valence-corrected chi connectivity index (χ2v) is 10.8. The average Bonchev–Trinajstić information content (AvgIpc) is 3.42. The molecule has 3 aromatic rings. The van der Waals surface area contributed by atoms with E-state index in [0.29, 0.717) is 17.9 Å². The number of hydrogen-bond donors (Lipinski definition) is 2. The zero-order valence-electron chi connectivity index (χ0n) is 22.5. The predicted octanol–water partition coefficient (Wildman–Crippen LogP) is 2.96. The molecule has 2 aliphatic heterocycles. The minimum absolute atomic E-state index is 0.157. The summed E-state index contributed by atoms with van der Waals surface area (Å²) in [5.41, 5.74) is 2.44. The van der Waals surface area contributed by atoms with Crippen molar-refractivity contribution in [3.8, 4) is 5.82 Å². The fraction of sp³-hybridized carbons (Fsp3) is 0.552. The monoisotopic (exact) mass is 516 g/mol. The molecule has 0 atom stereocenters. The molecule has 2 aromatic heterocycles. The summed E-state index contributed by atoms with van der Waals surface area (Å²) in [6.07, 6.45) is 7.75. The van der Waals surface area contributed by atoms with Crippen LogP contribution in [0, 0.1) is 5.92 Å². The number of carbonyl (C=O) groups is 1. The van der Waals surface area contributed by atoms with Gasteiger partial charge in [0.25, 0.3) is 0 Å². The number of nitrogens with zero attached hydrogens (tertiary/aromatic N) is 6. The molecule has 0 unspecified atom stereocenters. The highest BCUT2D eigenvalue weighted by Gasteiger charge is 2.31. The molecule has 1 aromatic carbocycles. The van der Waals surface area contributed by atoms with Gasteiger partial charge in [0.2, 0.25) is 11.9 Å². The van der Waals surface area contributed by atoms with Crippen LogP contribution < -0.4 is 15.5 Å². The number of piperazine rings is 2. The molecule has 38 heavy (non-hydrogen) atoms. The van der Waals surface area contributed by atoms with Gasteiger partial charge in [0.15, 0.2) is 0 Å². The van der Waals surface area contributed by atoms with Crippen molar-refractivity contribution in [2.45, 2.75) is 38.6 Å². The Bertz CT molecular complexity index is 1240. The molecule has 1 saturated carbocycles. The van der Waals surface area contributed by atoms with E-state index in [-0.39, 0.29) is 5.92 Å². The first-order valence-electron chi connectivity index (χ1n) is 14.4. The molecular weight excluding hydrogens is 476 g/mol. The number of amides is 1. The number of benzene rings is 1.